The van der Waals surface area contributed by atoms with Crippen molar-refractivity contribution in [3.63, 3.8) is 0 Å². The van der Waals surface area contributed by atoms with Gasteiger partial charge in [-0.3, -0.25) is 4.79 Å². The molecule has 1 aliphatic rings. The molecule has 1 aliphatic carbocycles. The van der Waals surface area contributed by atoms with Gasteiger partial charge in [0.2, 0.25) is 5.91 Å². The van der Waals surface area contributed by atoms with Crippen LogP contribution in [0.3, 0.4) is 0 Å². The van der Waals surface area contributed by atoms with E-state index in [2.05, 4.69) is 10.3 Å². The standard InChI is InChI=1S/C14H19N3O3/c15-9-14(5-1-2-6-14)13(20)17-8-10-3-4-11(12(18)19)16-7-10/h3-4,7H,1-2,5-6,8-9,15H2,(H,17,20)(H,18,19). The van der Waals surface area contributed by atoms with E-state index in [9.17, 15) is 9.59 Å². The van der Waals surface area contributed by atoms with Crippen LogP contribution < -0.4 is 11.1 Å². The van der Waals surface area contributed by atoms with E-state index in [-0.39, 0.29) is 11.6 Å². The molecule has 2 rings (SSSR count). The number of hydrogen-bond acceptors (Lipinski definition) is 4. The summed E-state index contributed by atoms with van der Waals surface area (Å²) in [6.45, 7) is 0.711. The summed E-state index contributed by atoms with van der Waals surface area (Å²) >= 11 is 0. The molecule has 0 unspecified atom stereocenters. The van der Waals surface area contributed by atoms with E-state index in [1.807, 2.05) is 0 Å². The fourth-order valence-corrected chi connectivity index (χ4v) is 2.60. The monoisotopic (exact) mass is 277 g/mol. The number of hydrogen-bond donors (Lipinski definition) is 3. The fraction of sp³-hybridized carbons (Fsp3) is 0.500. The van der Waals surface area contributed by atoms with Crippen LogP contribution in [0.1, 0.15) is 41.7 Å². The Morgan fingerprint density at radius 2 is 2.05 bits per heavy atom. The lowest BCUT2D eigenvalue weighted by Crippen LogP contribution is -2.43. The molecule has 1 amide bonds. The Bertz CT molecular complexity index is 493. The van der Waals surface area contributed by atoms with E-state index in [0.717, 1.165) is 31.2 Å². The maximum atomic E-state index is 12.2. The third kappa shape index (κ3) is 2.96. The second kappa shape index (κ2) is 6.00. The molecule has 1 saturated carbocycles. The molecule has 6 nitrogen and oxygen atoms in total. The van der Waals surface area contributed by atoms with E-state index < -0.39 is 11.4 Å². The lowest BCUT2D eigenvalue weighted by molar-refractivity contribution is -0.130. The summed E-state index contributed by atoms with van der Waals surface area (Å²) in [5, 5.41) is 11.6. The quantitative estimate of drug-likeness (QED) is 0.742. The van der Waals surface area contributed by atoms with Crippen LogP contribution in [0.25, 0.3) is 0 Å². The number of carbonyl (C=O) groups is 2. The molecular formula is C14H19N3O3. The summed E-state index contributed by atoms with van der Waals surface area (Å²) in [5.41, 5.74) is 6.10. The van der Waals surface area contributed by atoms with E-state index in [1.54, 1.807) is 6.07 Å². The maximum Gasteiger partial charge on any atom is 0.354 e. The Morgan fingerprint density at radius 1 is 1.35 bits per heavy atom. The van der Waals surface area contributed by atoms with Gasteiger partial charge in [0, 0.05) is 19.3 Å². The minimum absolute atomic E-state index is 0.00528. The van der Waals surface area contributed by atoms with Crippen molar-refractivity contribution in [2.45, 2.75) is 32.2 Å². The molecule has 0 aliphatic heterocycles. The van der Waals surface area contributed by atoms with Gasteiger partial charge in [0.15, 0.2) is 0 Å². The van der Waals surface area contributed by atoms with Gasteiger partial charge in [-0.2, -0.15) is 0 Å². The highest BCUT2D eigenvalue weighted by atomic mass is 16.4. The second-order valence-electron chi connectivity index (χ2n) is 5.23. The largest absolute Gasteiger partial charge is 0.477 e. The number of aromatic carboxylic acids is 1. The molecule has 1 aromatic rings. The topological polar surface area (TPSA) is 105 Å². The molecule has 0 radical (unpaired) electrons. The third-order valence-corrected chi connectivity index (χ3v) is 3.93. The van der Waals surface area contributed by atoms with Crippen molar-refractivity contribution in [1.82, 2.24) is 10.3 Å². The minimum Gasteiger partial charge on any atom is -0.477 e. The van der Waals surface area contributed by atoms with Crippen LogP contribution in [-0.4, -0.2) is 28.5 Å². The zero-order valence-corrected chi connectivity index (χ0v) is 11.3. The van der Waals surface area contributed by atoms with Gasteiger partial charge >= 0.3 is 5.97 Å². The van der Waals surface area contributed by atoms with E-state index in [4.69, 9.17) is 10.8 Å². The van der Waals surface area contributed by atoms with Gasteiger partial charge in [0.1, 0.15) is 5.69 Å². The Labute approximate surface area is 117 Å². The molecule has 6 heteroatoms. The van der Waals surface area contributed by atoms with Crippen LogP contribution >= 0.6 is 0 Å². The minimum atomic E-state index is -1.06. The lowest BCUT2D eigenvalue weighted by atomic mass is 9.85. The predicted octanol–water partition coefficient (Wildman–Crippen LogP) is 0.915. The fourth-order valence-electron chi connectivity index (χ4n) is 2.60. The van der Waals surface area contributed by atoms with Crippen molar-refractivity contribution in [2.75, 3.05) is 6.54 Å². The number of amides is 1. The summed E-state index contributed by atoms with van der Waals surface area (Å²) in [4.78, 5) is 26.7. The summed E-state index contributed by atoms with van der Waals surface area (Å²) in [5.74, 6) is -1.08. The third-order valence-electron chi connectivity index (χ3n) is 3.93. The first-order valence-electron chi connectivity index (χ1n) is 6.74. The van der Waals surface area contributed by atoms with Crippen molar-refractivity contribution in [3.05, 3.63) is 29.6 Å². The molecule has 0 atom stereocenters. The molecule has 0 bridgehead atoms. The Kier molecular flexibility index (Phi) is 4.34. The van der Waals surface area contributed by atoms with Crippen molar-refractivity contribution >= 4 is 11.9 Å². The summed E-state index contributed by atoms with van der Waals surface area (Å²) in [6, 6.07) is 3.08. The molecular weight excluding hydrogens is 258 g/mol. The van der Waals surface area contributed by atoms with Crippen LogP contribution in [0.5, 0.6) is 0 Å². The Morgan fingerprint density at radius 3 is 2.55 bits per heavy atom. The van der Waals surface area contributed by atoms with Crippen molar-refractivity contribution in [2.24, 2.45) is 11.1 Å². The van der Waals surface area contributed by atoms with Crippen LogP contribution in [0.2, 0.25) is 0 Å². The zero-order valence-electron chi connectivity index (χ0n) is 11.3. The average Bonchev–Trinajstić information content (AvgIpc) is 2.95. The van der Waals surface area contributed by atoms with Gasteiger partial charge in [-0.05, 0) is 24.5 Å². The van der Waals surface area contributed by atoms with E-state index >= 15 is 0 Å². The molecule has 1 aromatic heterocycles. The van der Waals surface area contributed by atoms with Gasteiger partial charge in [0.05, 0.1) is 5.41 Å². The smallest absolute Gasteiger partial charge is 0.354 e. The highest BCUT2D eigenvalue weighted by molar-refractivity contribution is 5.85. The first-order valence-corrected chi connectivity index (χ1v) is 6.74. The Hall–Kier alpha value is -1.95. The molecule has 0 spiro atoms. The van der Waals surface area contributed by atoms with Crippen molar-refractivity contribution in [3.8, 4) is 0 Å². The summed E-state index contributed by atoms with van der Waals surface area (Å²) in [6.07, 6.45) is 5.23. The number of carbonyl (C=O) groups excluding carboxylic acids is 1. The number of nitrogens with two attached hydrogens (primary N) is 1. The van der Waals surface area contributed by atoms with E-state index in [1.165, 1.54) is 12.3 Å². The van der Waals surface area contributed by atoms with Crippen LogP contribution in [0, 0.1) is 5.41 Å². The van der Waals surface area contributed by atoms with Crippen LogP contribution in [0.4, 0.5) is 0 Å². The van der Waals surface area contributed by atoms with Crippen molar-refractivity contribution < 1.29 is 14.7 Å². The molecule has 4 N–H and O–H groups in total. The van der Waals surface area contributed by atoms with Gasteiger partial charge < -0.3 is 16.2 Å². The normalized spacial score (nSPS) is 16.9. The summed E-state index contributed by atoms with van der Waals surface area (Å²) < 4.78 is 0. The molecule has 108 valence electrons. The maximum absolute atomic E-state index is 12.2. The first kappa shape index (κ1) is 14.5. The SMILES string of the molecule is NCC1(C(=O)NCc2ccc(C(=O)O)nc2)CCCC1. The highest BCUT2D eigenvalue weighted by Crippen LogP contribution is 2.37. The molecule has 1 fully saturated rings. The van der Waals surface area contributed by atoms with Gasteiger partial charge in [-0.15, -0.1) is 0 Å². The molecule has 1 heterocycles. The number of nitrogens with zero attached hydrogens (tertiary/aromatic N) is 1. The van der Waals surface area contributed by atoms with Crippen LogP contribution in [-0.2, 0) is 11.3 Å². The molecule has 0 aromatic carbocycles. The first-order chi connectivity index (χ1) is 9.57. The number of aromatic nitrogens is 1. The predicted molar refractivity (Wildman–Crippen MR) is 73.0 cm³/mol. The number of nitrogens with one attached hydrogen (secondary N) is 1. The Balaban J connectivity index is 1.94. The van der Waals surface area contributed by atoms with Gasteiger partial charge in [-0.25, -0.2) is 9.78 Å². The zero-order chi connectivity index (χ0) is 14.6. The number of carboxylic acid groups (broad SMARTS) is 1. The lowest BCUT2D eigenvalue weighted by Gasteiger charge is -2.25. The van der Waals surface area contributed by atoms with Gasteiger partial charge in [-0.1, -0.05) is 18.9 Å². The number of carboxylic acids is 1. The van der Waals surface area contributed by atoms with Gasteiger partial charge in [0.25, 0.3) is 0 Å². The number of pyridine rings is 1. The number of rotatable bonds is 5. The highest BCUT2D eigenvalue weighted by Gasteiger charge is 2.39. The van der Waals surface area contributed by atoms with Crippen molar-refractivity contribution in [1.29, 1.82) is 0 Å². The van der Waals surface area contributed by atoms with E-state index in [0.29, 0.717) is 13.1 Å². The molecule has 0 saturated heterocycles. The molecule has 20 heavy (non-hydrogen) atoms. The average molecular weight is 277 g/mol. The van der Waals surface area contributed by atoms with Crippen LogP contribution in [0.15, 0.2) is 18.3 Å². The summed E-state index contributed by atoms with van der Waals surface area (Å²) in [7, 11) is 0. The second-order valence-corrected chi connectivity index (χ2v) is 5.23.